The van der Waals surface area contributed by atoms with E-state index in [2.05, 4.69) is 14.7 Å². The molecule has 1 aromatic rings. The van der Waals surface area contributed by atoms with Crippen LogP contribution in [0.5, 0.6) is 0 Å². The van der Waals surface area contributed by atoms with Crippen LogP contribution in [-0.2, 0) is 10.7 Å². The van der Waals surface area contributed by atoms with Gasteiger partial charge in [-0.2, -0.15) is 26.9 Å². The maximum Gasteiger partial charge on any atom is 0.463 e. The van der Waals surface area contributed by atoms with Gasteiger partial charge in [-0.1, -0.05) is 5.16 Å². The number of aromatic nitrogens is 2. The molecule has 6 nitrogen and oxygen atoms in total. The van der Waals surface area contributed by atoms with Crippen LogP contribution >= 0.6 is 0 Å². The second-order valence-corrected chi connectivity index (χ2v) is 4.55. The van der Waals surface area contributed by atoms with Crippen LogP contribution in [-0.4, -0.2) is 54.1 Å². The SMILES string of the molecule is NC(CN1CCOCC1)c1noc(C(F)(F)C(F)(F)F)n1. The lowest BCUT2D eigenvalue weighted by Gasteiger charge is -2.27. The molecule has 1 aromatic heterocycles. The third kappa shape index (κ3) is 3.47. The van der Waals surface area contributed by atoms with Crippen LogP contribution in [0.1, 0.15) is 17.8 Å². The predicted octanol–water partition coefficient (Wildman–Crippen LogP) is 1.06. The lowest BCUT2D eigenvalue weighted by molar-refractivity contribution is -0.298. The predicted molar refractivity (Wildman–Crippen MR) is 58.4 cm³/mol. The summed E-state index contributed by atoms with van der Waals surface area (Å²) in [6, 6.07) is -0.926. The van der Waals surface area contributed by atoms with Crippen LogP contribution in [0.3, 0.4) is 0 Å². The maximum absolute atomic E-state index is 13.0. The van der Waals surface area contributed by atoms with Crippen molar-refractivity contribution in [3.63, 3.8) is 0 Å². The summed E-state index contributed by atoms with van der Waals surface area (Å²) in [7, 11) is 0. The lowest BCUT2D eigenvalue weighted by Crippen LogP contribution is -2.40. The highest BCUT2D eigenvalue weighted by atomic mass is 19.4. The Hall–Kier alpha value is -1.33. The summed E-state index contributed by atoms with van der Waals surface area (Å²) >= 11 is 0. The molecule has 1 fully saturated rings. The molecule has 1 saturated heterocycles. The van der Waals surface area contributed by atoms with Crippen molar-refractivity contribution < 1.29 is 31.2 Å². The minimum Gasteiger partial charge on any atom is -0.379 e. The minimum atomic E-state index is -5.80. The van der Waals surface area contributed by atoms with Crippen molar-refractivity contribution in [2.75, 3.05) is 32.8 Å². The molecule has 1 atom stereocenters. The highest BCUT2D eigenvalue weighted by Gasteiger charge is 2.63. The third-order valence-electron chi connectivity index (χ3n) is 2.96. The number of halogens is 5. The van der Waals surface area contributed by atoms with Crippen LogP contribution in [0, 0.1) is 0 Å². The quantitative estimate of drug-likeness (QED) is 0.837. The van der Waals surface area contributed by atoms with E-state index in [0.717, 1.165) is 0 Å². The van der Waals surface area contributed by atoms with E-state index in [1.54, 1.807) is 0 Å². The standard InChI is InChI=1S/C10H13F5N4O2/c11-9(12,10(13,14)15)8-17-7(18-21-8)6(16)5-19-1-3-20-4-2-19/h6H,1-5,16H2. The summed E-state index contributed by atoms with van der Waals surface area (Å²) in [5, 5.41) is 3.11. The van der Waals surface area contributed by atoms with Crippen molar-refractivity contribution in [3.05, 3.63) is 11.7 Å². The van der Waals surface area contributed by atoms with Gasteiger partial charge in [-0.25, -0.2) is 0 Å². The zero-order chi connectivity index (χ0) is 15.7. The van der Waals surface area contributed by atoms with Gasteiger partial charge in [-0.3, -0.25) is 4.90 Å². The van der Waals surface area contributed by atoms with Crippen LogP contribution < -0.4 is 5.73 Å². The van der Waals surface area contributed by atoms with E-state index in [0.29, 0.717) is 26.3 Å². The number of morpholine rings is 1. The molecule has 0 bridgehead atoms. The summed E-state index contributed by atoms with van der Waals surface area (Å²) in [6.07, 6.45) is -5.80. The van der Waals surface area contributed by atoms with Gasteiger partial charge in [0.2, 0.25) is 0 Å². The van der Waals surface area contributed by atoms with Gasteiger partial charge in [0.05, 0.1) is 19.3 Å². The lowest BCUT2D eigenvalue weighted by atomic mass is 10.2. The molecule has 0 aliphatic carbocycles. The van der Waals surface area contributed by atoms with Gasteiger partial charge in [0.1, 0.15) is 0 Å². The van der Waals surface area contributed by atoms with Crippen molar-refractivity contribution in [3.8, 4) is 0 Å². The summed E-state index contributed by atoms with van der Waals surface area (Å²) in [5.41, 5.74) is 5.70. The molecule has 1 aliphatic rings. The Bertz CT molecular complexity index is 472. The molecule has 0 spiro atoms. The van der Waals surface area contributed by atoms with E-state index >= 15 is 0 Å². The molecular weight excluding hydrogens is 303 g/mol. The normalized spacial score (nSPS) is 19.7. The van der Waals surface area contributed by atoms with E-state index in [9.17, 15) is 22.0 Å². The zero-order valence-corrected chi connectivity index (χ0v) is 10.7. The van der Waals surface area contributed by atoms with Gasteiger partial charge >= 0.3 is 18.0 Å². The minimum absolute atomic E-state index is 0.208. The van der Waals surface area contributed by atoms with Gasteiger partial charge in [0.25, 0.3) is 0 Å². The first kappa shape index (κ1) is 16.0. The largest absolute Gasteiger partial charge is 0.463 e. The molecule has 120 valence electrons. The van der Waals surface area contributed by atoms with Crippen LogP contribution in [0.15, 0.2) is 4.52 Å². The van der Waals surface area contributed by atoms with Crippen molar-refractivity contribution in [1.29, 1.82) is 0 Å². The molecule has 1 aliphatic heterocycles. The monoisotopic (exact) mass is 316 g/mol. The van der Waals surface area contributed by atoms with Gasteiger partial charge in [0.15, 0.2) is 5.82 Å². The molecule has 0 aromatic carbocycles. The second-order valence-electron chi connectivity index (χ2n) is 4.55. The van der Waals surface area contributed by atoms with Gasteiger partial charge in [-0.15, -0.1) is 0 Å². The average Bonchev–Trinajstić information content (AvgIpc) is 2.88. The topological polar surface area (TPSA) is 77.4 Å². The van der Waals surface area contributed by atoms with Crippen molar-refractivity contribution in [1.82, 2.24) is 15.0 Å². The fourth-order valence-electron chi connectivity index (χ4n) is 1.78. The first-order valence-electron chi connectivity index (χ1n) is 6.06. The fourth-order valence-corrected chi connectivity index (χ4v) is 1.78. The van der Waals surface area contributed by atoms with E-state index in [4.69, 9.17) is 10.5 Å². The highest BCUT2D eigenvalue weighted by molar-refractivity contribution is 5.01. The van der Waals surface area contributed by atoms with Crippen molar-refractivity contribution in [2.45, 2.75) is 18.1 Å². The number of hydrogen-bond acceptors (Lipinski definition) is 6. The number of nitrogens with zero attached hydrogens (tertiary/aromatic N) is 3. The molecule has 0 saturated carbocycles. The van der Waals surface area contributed by atoms with E-state index in [-0.39, 0.29) is 12.4 Å². The highest BCUT2D eigenvalue weighted by Crippen LogP contribution is 2.43. The Morgan fingerprint density at radius 2 is 1.81 bits per heavy atom. The van der Waals surface area contributed by atoms with Crippen molar-refractivity contribution >= 4 is 0 Å². The average molecular weight is 316 g/mol. The molecule has 0 radical (unpaired) electrons. The van der Waals surface area contributed by atoms with Gasteiger partial charge < -0.3 is 15.0 Å². The summed E-state index contributed by atoms with van der Waals surface area (Å²) < 4.78 is 71.7. The number of hydrogen-bond donors (Lipinski definition) is 1. The molecule has 2 N–H and O–H groups in total. The van der Waals surface area contributed by atoms with E-state index in [1.807, 2.05) is 4.90 Å². The Morgan fingerprint density at radius 1 is 1.19 bits per heavy atom. The maximum atomic E-state index is 13.0. The fraction of sp³-hybridized carbons (Fsp3) is 0.800. The zero-order valence-electron chi connectivity index (χ0n) is 10.7. The molecule has 1 unspecified atom stereocenters. The first-order valence-corrected chi connectivity index (χ1v) is 6.06. The van der Waals surface area contributed by atoms with Crippen molar-refractivity contribution in [2.24, 2.45) is 5.73 Å². The first-order chi connectivity index (χ1) is 9.72. The van der Waals surface area contributed by atoms with Gasteiger partial charge in [0, 0.05) is 19.6 Å². The van der Waals surface area contributed by atoms with Crippen LogP contribution in [0.25, 0.3) is 0 Å². The van der Waals surface area contributed by atoms with Gasteiger partial charge in [-0.05, 0) is 0 Å². The van der Waals surface area contributed by atoms with Crippen LogP contribution in [0.4, 0.5) is 22.0 Å². The number of rotatable bonds is 4. The summed E-state index contributed by atoms with van der Waals surface area (Å²) in [5.74, 6) is -7.39. The molecule has 21 heavy (non-hydrogen) atoms. The number of alkyl halides is 5. The smallest absolute Gasteiger partial charge is 0.379 e. The Kier molecular flexibility index (Phi) is 4.44. The second kappa shape index (κ2) is 5.81. The number of ether oxygens (including phenoxy) is 1. The van der Waals surface area contributed by atoms with E-state index in [1.165, 1.54) is 0 Å². The molecular formula is C10H13F5N4O2. The Morgan fingerprint density at radius 3 is 2.38 bits per heavy atom. The third-order valence-corrected chi connectivity index (χ3v) is 2.96. The molecule has 2 rings (SSSR count). The molecule has 0 amide bonds. The summed E-state index contributed by atoms with van der Waals surface area (Å²) in [4.78, 5) is 4.95. The Labute approximate surface area is 116 Å². The van der Waals surface area contributed by atoms with Crippen LogP contribution in [0.2, 0.25) is 0 Å². The molecule has 11 heteroatoms. The summed E-state index contributed by atoms with van der Waals surface area (Å²) in [6.45, 7) is 2.36. The number of nitrogens with two attached hydrogens (primary N) is 1. The van der Waals surface area contributed by atoms with E-state index < -0.39 is 24.0 Å². The molecule has 2 heterocycles. The Balaban J connectivity index is 2.05.